The summed E-state index contributed by atoms with van der Waals surface area (Å²) in [4.78, 5) is 28.9. The first-order valence-corrected chi connectivity index (χ1v) is 13.4. The van der Waals surface area contributed by atoms with Gasteiger partial charge in [0, 0.05) is 38.1 Å². The van der Waals surface area contributed by atoms with Crippen molar-refractivity contribution in [2.75, 3.05) is 26.0 Å². The number of sulfonamides is 1. The quantitative estimate of drug-likeness (QED) is 0.562. The van der Waals surface area contributed by atoms with E-state index in [1.165, 1.54) is 12.1 Å². The third-order valence-corrected chi connectivity index (χ3v) is 6.58. The van der Waals surface area contributed by atoms with Crippen LogP contribution in [0.3, 0.4) is 0 Å². The minimum Gasteiger partial charge on any atom is -0.483 e. The number of ether oxygens (including phenoxy) is 1. The Morgan fingerprint density at radius 1 is 1.06 bits per heavy atom. The van der Waals surface area contributed by atoms with Gasteiger partial charge >= 0.3 is 0 Å². The molecule has 2 atom stereocenters. The molecular weight excluding hydrogens is 473 g/mol. The molecule has 1 heterocycles. The largest absolute Gasteiger partial charge is 0.483 e. The van der Waals surface area contributed by atoms with E-state index in [1.54, 1.807) is 36.4 Å². The van der Waals surface area contributed by atoms with Crippen molar-refractivity contribution in [2.24, 2.45) is 0 Å². The molecule has 2 aromatic rings. The number of aryl methyl sites for hydroxylation is 1. The standard InChI is InChI=1S/C25H32FN3O5S/c1-18-15-29(19(2)14-28(18)16-20-8-11-22(26)12-9-20)25(31)17-34-23-7-5-4-6-21(23)10-13-24(30)27-35(3,32)33/h4-9,11-12,18-19H,10,13-17H2,1-3H3,(H,27,30). The number of halogens is 1. The Labute approximate surface area is 206 Å². The van der Waals surface area contributed by atoms with Gasteiger partial charge in [0.2, 0.25) is 15.9 Å². The summed E-state index contributed by atoms with van der Waals surface area (Å²) in [6.07, 6.45) is 1.19. The average Bonchev–Trinajstić information content (AvgIpc) is 2.79. The van der Waals surface area contributed by atoms with E-state index in [1.807, 2.05) is 16.5 Å². The number of amides is 2. The lowest BCUT2D eigenvalue weighted by Crippen LogP contribution is -2.58. The zero-order valence-electron chi connectivity index (χ0n) is 20.2. The van der Waals surface area contributed by atoms with Crippen molar-refractivity contribution in [3.05, 3.63) is 65.5 Å². The van der Waals surface area contributed by atoms with Crippen molar-refractivity contribution in [3.63, 3.8) is 0 Å². The van der Waals surface area contributed by atoms with Crippen LogP contribution in [0.2, 0.25) is 0 Å². The highest BCUT2D eigenvalue weighted by atomic mass is 32.2. The summed E-state index contributed by atoms with van der Waals surface area (Å²) in [5, 5.41) is 0. The molecule has 0 bridgehead atoms. The summed E-state index contributed by atoms with van der Waals surface area (Å²) in [5.41, 5.74) is 1.74. The number of nitrogens with zero attached hydrogens (tertiary/aromatic N) is 2. The van der Waals surface area contributed by atoms with Crippen LogP contribution in [0.5, 0.6) is 5.75 Å². The summed E-state index contributed by atoms with van der Waals surface area (Å²) < 4.78 is 43.4. The van der Waals surface area contributed by atoms with Gasteiger partial charge in [-0.1, -0.05) is 30.3 Å². The van der Waals surface area contributed by atoms with E-state index >= 15 is 0 Å². The molecule has 1 saturated heterocycles. The molecule has 0 aromatic heterocycles. The second kappa shape index (κ2) is 11.6. The Kier molecular flexibility index (Phi) is 8.85. The van der Waals surface area contributed by atoms with Crippen molar-refractivity contribution < 1.29 is 27.1 Å². The van der Waals surface area contributed by atoms with Crippen LogP contribution in [0, 0.1) is 5.82 Å². The molecule has 8 nitrogen and oxygen atoms in total. The second-order valence-corrected chi connectivity index (χ2v) is 10.7. The molecule has 35 heavy (non-hydrogen) atoms. The number of carbonyl (C=O) groups is 2. The molecule has 10 heteroatoms. The van der Waals surface area contributed by atoms with Gasteiger partial charge in [0.1, 0.15) is 11.6 Å². The Morgan fingerprint density at radius 3 is 2.43 bits per heavy atom. The number of carbonyl (C=O) groups excluding carboxylic acids is 2. The average molecular weight is 506 g/mol. The molecule has 3 rings (SSSR count). The first-order valence-electron chi connectivity index (χ1n) is 11.5. The Morgan fingerprint density at radius 2 is 1.74 bits per heavy atom. The number of piperazine rings is 1. The maximum Gasteiger partial charge on any atom is 0.260 e. The Hall–Kier alpha value is -2.98. The minimum absolute atomic E-state index is 0.0160. The van der Waals surface area contributed by atoms with Crippen LogP contribution in [-0.4, -0.2) is 68.1 Å². The highest BCUT2D eigenvalue weighted by molar-refractivity contribution is 7.89. The van der Waals surface area contributed by atoms with E-state index < -0.39 is 15.9 Å². The Bertz CT molecular complexity index is 1140. The third kappa shape index (κ3) is 8.03. The van der Waals surface area contributed by atoms with Gasteiger partial charge in [-0.25, -0.2) is 12.8 Å². The molecular formula is C25H32FN3O5S. The van der Waals surface area contributed by atoms with Gasteiger partial charge in [-0.05, 0) is 49.6 Å². The molecule has 0 saturated carbocycles. The molecule has 2 aromatic carbocycles. The van der Waals surface area contributed by atoms with Gasteiger partial charge in [0.15, 0.2) is 6.61 Å². The normalized spacial score (nSPS) is 18.8. The minimum atomic E-state index is -3.60. The number of rotatable bonds is 9. The fourth-order valence-electron chi connectivity index (χ4n) is 4.17. The van der Waals surface area contributed by atoms with Crippen molar-refractivity contribution in [3.8, 4) is 5.75 Å². The molecule has 1 aliphatic heterocycles. The fourth-order valence-corrected chi connectivity index (χ4v) is 4.69. The summed E-state index contributed by atoms with van der Waals surface area (Å²) in [6, 6.07) is 13.7. The molecule has 1 N–H and O–H groups in total. The zero-order chi connectivity index (χ0) is 25.6. The smallest absolute Gasteiger partial charge is 0.260 e. The molecule has 190 valence electrons. The molecule has 1 aliphatic rings. The molecule has 0 spiro atoms. The number of nitrogens with one attached hydrogen (secondary N) is 1. The highest BCUT2D eigenvalue weighted by Gasteiger charge is 2.32. The summed E-state index contributed by atoms with van der Waals surface area (Å²) >= 11 is 0. The topological polar surface area (TPSA) is 96.0 Å². The van der Waals surface area contributed by atoms with Gasteiger partial charge < -0.3 is 9.64 Å². The molecule has 1 fully saturated rings. The van der Waals surface area contributed by atoms with Crippen molar-refractivity contribution in [1.29, 1.82) is 0 Å². The lowest BCUT2D eigenvalue weighted by Gasteiger charge is -2.44. The van der Waals surface area contributed by atoms with Crippen LogP contribution in [-0.2, 0) is 32.6 Å². The fraction of sp³-hybridized carbons (Fsp3) is 0.440. The maximum absolute atomic E-state index is 13.2. The van der Waals surface area contributed by atoms with Crippen LogP contribution in [0.15, 0.2) is 48.5 Å². The molecule has 2 amide bonds. The van der Waals surface area contributed by atoms with Gasteiger partial charge in [-0.2, -0.15) is 0 Å². The molecule has 0 radical (unpaired) electrons. The Balaban J connectivity index is 1.54. The van der Waals surface area contributed by atoms with E-state index in [4.69, 9.17) is 4.74 Å². The highest BCUT2D eigenvalue weighted by Crippen LogP contribution is 2.22. The second-order valence-electron chi connectivity index (χ2n) is 8.99. The lowest BCUT2D eigenvalue weighted by atomic mass is 10.1. The number of benzene rings is 2. The maximum atomic E-state index is 13.2. The van der Waals surface area contributed by atoms with Gasteiger partial charge in [0.05, 0.1) is 6.26 Å². The summed E-state index contributed by atoms with van der Waals surface area (Å²) in [6.45, 7) is 5.85. The molecule has 0 aliphatic carbocycles. The molecule has 2 unspecified atom stereocenters. The number of hydrogen-bond acceptors (Lipinski definition) is 6. The van der Waals surface area contributed by atoms with Crippen LogP contribution in [0.25, 0.3) is 0 Å². The number of para-hydroxylation sites is 1. The van der Waals surface area contributed by atoms with Crippen molar-refractivity contribution >= 4 is 21.8 Å². The van der Waals surface area contributed by atoms with Gasteiger partial charge in [-0.3, -0.25) is 19.2 Å². The first-order chi connectivity index (χ1) is 16.5. The van der Waals surface area contributed by atoms with E-state index in [2.05, 4.69) is 11.8 Å². The lowest BCUT2D eigenvalue weighted by molar-refractivity contribution is -0.139. The van der Waals surface area contributed by atoms with Crippen LogP contribution in [0.4, 0.5) is 4.39 Å². The summed E-state index contributed by atoms with van der Waals surface area (Å²) in [5.74, 6) is -0.497. The zero-order valence-corrected chi connectivity index (χ0v) is 21.1. The van der Waals surface area contributed by atoms with E-state index in [0.29, 0.717) is 25.4 Å². The van der Waals surface area contributed by atoms with Crippen LogP contribution >= 0.6 is 0 Å². The van der Waals surface area contributed by atoms with E-state index in [9.17, 15) is 22.4 Å². The van der Waals surface area contributed by atoms with Crippen LogP contribution < -0.4 is 9.46 Å². The number of hydrogen-bond donors (Lipinski definition) is 1. The monoisotopic (exact) mass is 505 g/mol. The van der Waals surface area contributed by atoms with Gasteiger partial charge in [0.25, 0.3) is 5.91 Å². The van der Waals surface area contributed by atoms with E-state index in [-0.39, 0.29) is 43.3 Å². The van der Waals surface area contributed by atoms with Crippen LogP contribution in [0.1, 0.15) is 31.4 Å². The third-order valence-electron chi connectivity index (χ3n) is 5.98. The predicted molar refractivity (Wildman–Crippen MR) is 131 cm³/mol. The first kappa shape index (κ1) is 26.6. The predicted octanol–water partition coefficient (Wildman–Crippen LogP) is 2.33. The van der Waals surface area contributed by atoms with Gasteiger partial charge in [-0.15, -0.1) is 0 Å². The summed E-state index contributed by atoms with van der Waals surface area (Å²) in [7, 11) is -3.60. The SMILES string of the molecule is CC1CN(C(=O)COc2ccccc2CCC(=O)NS(C)(=O)=O)C(C)CN1Cc1ccc(F)cc1. The van der Waals surface area contributed by atoms with Crippen molar-refractivity contribution in [1.82, 2.24) is 14.5 Å². The van der Waals surface area contributed by atoms with E-state index in [0.717, 1.165) is 17.4 Å². The van der Waals surface area contributed by atoms with Crippen molar-refractivity contribution in [2.45, 2.75) is 45.3 Å².